The van der Waals surface area contributed by atoms with Gasteiger partial charge in [-0.2, -0.15) is 13.2 Å². The van der Waals surface area contributed by atoms with Crippen LogP contribution >= 0.6 is 0 Å². The Morgan fingerprint density at radius 1 is 1.19 bits per heavy atom. The van der Waals surface area contributed by atoms with Crippen molar-refractivity contribution in [2.24, 2.45) is 4.40 Å². The maximum atomic E-state index is 13.6. The molecule has 0 aromatic rings. The van der Waals surface area contributed by atoms with Crippen LogP contribution in [-0.4, -0.2) is 31.3 Å². The zero-order valence-electron chi connectivity index (χ0n) is 10.5. The van der Waals surface area contributed by atoms with E-state index in [4.69, 9.17) is 0 Å². The minimum atomic E-state index is -3.49. The van der Waals surface area contributed by atoms with E-state index in [0.29, 0.717) is 0 Å². The van der Waals surface area contributed by atoms with Crippen LogP contribution < -0.4 is 0 Å². The summed E-state index contributed by atoms with van der Waals surface area (Å²) in [6, 6.07) is 0. The van der Waals surface area contributed by atoms with Crippen LogP contribution in [0.4, 0.5) is 8.78 Å². The van der Waals surface area contributed by atoms with Crippen molar-refractivity contribution in [2.45, 2.75) is 57.8 Å². The smallest absolute Gasteiger partial charge is 0.313 e. The molecular weight excluding hydrogens is 236 g/mol. The molecule has 1 atom stereocenters. The summed E-state index contributed by atoms with van der Waals surface area (Å²) in [6.45, 7) is 7.98. The Morgan fingerprint density at radius 3 is 1.81 bits per heavy atom. The SMILES string of the molecule is CC(=NS(=O)C(C)(C)C)C(F)(F)C(C)(C)O. The average Bonchev–Trinajstić information content (AvgIpc) is 1.99. The molecule has 0 fully saturated rings. The number of rotatable bonds is 3. The minimum absolute atomic E-state index is 0.617. The zero-order valence-corrected chi connectivity index (χ0v) is 11.3. The lowest BCUT2D eigenvalue weighted by Gasteiger charge is -2.29. The molecular formula is C10H19F2NO2S. The van der Waals surface area contributed by atoms with Gasteiger partial charge in [-0.25, -0.2) is 4.21 Å². The molecule has 0 aromatic heterocycles. The van der Waals surface area contributed by atoms with Crippen LogP contribution in [0, 0.1) is 0 Å². The van der Waals surface area contributed by atoms with Crippen molar-refractivity contribution in [3.05, 3.63) is 0 Å². The van der Waals surface area contributed by atoms with Crippen LogP contribution in [0.25, 0.3) is 0 Å². The minimum Gasteiger partial charge on any atom is -0.384 e. The molecule has 0 heterocycles. The lowest BCUT2D eigenvalue weighted by molar-refractivity contribution is -0.113. The molecule has 0 aromatic carbocycles. The van der Waals surface area contributed by atoms with Gasteiger partial charge in [0.1, 0.15) is 16.6 Å². The quantitative estimate of drug-likeness (QED) is 0.787. The second-order valence-electron chi connectivity index (χ2n) is 5.17. The molecule has 0 aliphatic rings. The van der Waals surface area contributed by atoms with E-state index in [-0.39, 0.29) is 0 Å². The first-order valence-electron chi connectivity index (χ1n) is 4.88. The molecule has 1 unspecified atom stereocenters. The number of aliphatic hydroxyl groups is 1. The highest BCUT2D eigenvalue weighted by Crippen LogP contribution is 2.30. The lowest BCUT2D eigenvalue weighted by atomic mass is 9.97. The summed E-state index contributed by atoms with van der Waals surface area (Å²) in [5, 5.41) is 9.30. The highest BCUT2D eigenvalue weighted by molar-refractivity contribution is 7.85. The van der Waals surface area contributed by atoms with E-state index in [9.17, 15) is 18.1 Å². The fraction of sp³-hybridized carbons (Fsp3) is 0.900. The molecule has 0 spiro atoms. The maximum absolute atomic E-state index is 13.6. The summed E-state index contributed by atoms with van der Waals surface area (Å²) in [6.07, 6.45) is 0. The monoisotopic (exact) mass is 255 g/mol. The topological polar surface area (TPSA) is 49.7 Å². The standard InChI is InChI=1S/C10H19F2NO2S/c1-7(10(11,12)9(5,6)14)13-16(15)8(2,3)4/h14H,1-6H3. The third-order valence-corrected chi connectivity index (χ3v) is 3.45. The highest BCUT2D eigenvalue weighted by Gasteiger charge is 2.48. The highest BCUT2D eigenvalue weighted by atomic mass is 32.2. The number of hydrogen-bond acceptors (Lipinski definition) is 2. The predicted octanol–water partition coefficient (Wildman–Crippen LogP) is 2.32. The molecule has 0 aliphatic carbocycles. The molecule has 16 heavy (non-hydrogen) atoms. The van der Waals surface area contributed by atoms with Crippen LogP contribution in [-0.2, 0) is 11.0 Å². The first-order valence-corrected chi connectivity index (χ1v) is 5.99. The van der Waals surface area contributed by atoms with Crippen LogP contribution in [0.1, 0.15) is 41.5 Å². The van der Waals surface area contributed by atoms with Gasteiger partial charge >= 0.3 is 5.92 Å². The Balaban J connectivity index is 5.16. The van der Waals surface area contributed by atoms with Gasteiger partial charge in [0.05, 0.1) is 10.5 Å². The molecule has 0 radical (unpaired) electrons. The van der Waals surface area contributed by atoms with Crippen LogP contribution in [0.2, 0.25) is 0 Å². The van der Waals surface area contributed by atoms with E-state index < -0.39 is 33.0 Å². The van der Waals surface area contributed by atoms with E-state index in [1.165, 1.54) is 0 Å². The second kappa shape index (κ2) is 4.49. The molecule has 0 aliphatic heterocycles. The molecule has 1 N–H and O–H groups in total. The van der Waals surface area contributed by atoms with E-state index in [0.717, 1.165) is 20.8 Å². The van der Waals surface area contributed by atoms with Crippen molar-refractivity contribution < 1.29 is 18.1 Å². The first-order chi connectivity index (χ1) is 6.80. The molecule has 0 saturated heterocycles. The molecule has 0 rings (SSSR count). The van der Waals surface area contributed by atoms with E-state index in [1.807, 2.05) is 0 Å². The number of halogens is 2. The third-order valence-electron chi connectivity index (χ3n) is 1.97. The lowest BCUT2D eigenvalue weighted by Crippen LogP contribution is -2.48. The van der Waals surface area contributed by atoms with Gasteiger partial charge < -0.3 is 5.11 Å². The molecule has 0 amide bonds. The summed E-state index contributed by atoms with van der Waals surface area (Å²) in [4.78, 5) is 0. The van der Waals surface area contributed by atoms with Gasteiger partial charge in [0.15, 0.2) is 0 Å². The van der Waals surface area contributed by atoms with Crippen molar-refractivity contribution in [3.63, 3.8) is 0 Å². The number of alkyl halides is 2. The van der Waals surface area contributed by atoms with E-state index in [2.05, 4.69) is 4.40 Å². The van der Waals surface area contributed by atoms with Gasteiger partial charge in [0, 0.05) is 0 Å². The fourth-order valence-electron chi connectivity index (χ4n) is 0.761. The molecule has 6 heteroatoms. The van der Waals surface area contributed by atoms with Crippen molar-refractivity contribution in [1.82, 2.24) is 0 Å². The van der Waals surface area contributed by atoms with Crippen molar-refractivity contribution in [3.8, 4) is 0 Å². The molecule has 3 nitrogen and oxygen atoms in total. The predicted molar refractivity (Wildman–Crippen MR) is 62.2 cm³/mol. The van der Waals surface area contributed by atoms with E-state index >= 15 is 0 Å². The normalized spacial score (nSPS) is 17.4. The summed E-state index contributed by atoms with van der Waals surface area (Å²) < 4.78 is 41.4. The largest absolute Gasteiger partial charge is 0.384 e. The Hall–Kier alpha value is -0.360. The summed E-state index contributed by atoms with van der Waals surface area (Å²) in [5.74, 6) is -3.49. The Labute approximate surface area is 97.6 Å². The van der Waals surface area contributed by atoms with Crippen molar-refractivity contribution >= 4 is 16.7 Å². The third kappa shape index (κ3) is 3.59. The Morgan fingerprint density at radius 2 is 1.56 bits per heavy atom. The number of hydrogen-bond donors (Lipinski definition) is 1. The second-order valence-corrected chi connectivity index (χ2v) is 7.08. The first kappa shape index (κ1) is 15.6. The van der Waals surface area contributed by atoms with E-state index in [1.54, 1.807) is 20.8 Å². The van der Waals surface area contributed by atoms with Crippen LogP contribution in [0.5, 0.6) is 0 Å². The van der Waals surface area contributed by atoms with Crippen LogP contribution in [0.15, 0.2) is 4.40 Å². The number of nitrogens with zero attached hydrogens (tertiary/aromatic N) is 1. The fourth-order valence-corrected chi connectivity index (χ4v) is 1.40. The van der Waals surface area contributed by atoms with Gasteiger partial charge in [0.25, 0.3) is 0 Å². The maximum Gasteiger partial charge on any atom is 0.313 e. The molecule has 0 saturated carbocycles. The molecule has 96 valence electrons. The summed E-state index contributed by atoms with van der Waals surface area (Å²) >= 11 is 0. The van der Waals surface area contributed by atoms with Gasteiger partial charge in [-0.3, -0.25) is 0 Å². The Kier molecular flexibility index (Phi) is 4.39. The van der Waals surface area contributed by atoms with Gasteiger partial charge in [-0.05, 0) is 41.5 Å². The Bertz CT molecular complexity index is 314. The molecule has 0 bridgehead atoms. The van der Waals surface area contributed by atoms with Crippen molar-refractivity contribution in [2.75, 3.05) is 0 Å². The van der Waals surface area contributed by atoms with Gasteiger partial charge in [-0.1, -0.05) is 0 Å². The summed E-state index contributed by atoms with van der Waals surface area (Å²) in [7, 11) is -1.75. The average molecular weight is 255 g/mol. The van der Waals surface area contributed by atoms with Gasteiger partial charge in [0.2, 0.25) is 0 Å². The summed E-state index contributed by atoms with van der Waals surface area (Å²) in [5.41, 5.74) is -2.84. The van der Waals surface area contributed by atoms with Gasteiger partial charge in [-0.15, -0.1) is 0 Å². The van der Waals surface area contributed by atoms with Crippen molar-refractivity contribution in [1.29, 1.82) is 0 Å². The van der Waals surface area contributed by atoms with Crippen LogP contribution in [0.3, 0.4) is 0 Å². The zero-order chi connectivity index (χ0) is 13.4.